The molecule has 0 aliphatic carbocycles. The summed E-state index contributed by atoms with van der Waals surface area (Å²) in [6.45, 7) is 3.42. The molecule has 1 aliphatic heterocycles. The number of tetrazole rings is 1. The lowest BCUT2D eigenvalue weighted by atomic mass is 9.96. The van der Waals surface area contributed by atoms with Crippen molar-refractivity contribution in [3.63, 3.8) is 0 Å². The molecule has 0 bridgehead atoms. The molecule has 2 heterocycles. The van der Waals surface area contributed by atoms with Gasteiger partial charge in [0.25, 0.3) is 0 Å². The van der Waals surface area contributed by atoms with Crippen molar-refractivity contribution in [2.24, 2.45) is 0 Å². The summed E-state index contributed by atoms with van der Waals surface area (Å²) in [4.78, 5) is 2.53. The third-order valence-electron chi connectivity index (χ3n) is 6.19. The Morgan fingerprint density at radius 2 is 1.68 bits per heavy atom. The summed E-state index contributed by atoms with van der Waals surface area (Å²) in [6.07, 6.45) is 0.892. The molecule has 9 heteroatoms. The van der Waals surface area contributed by atoms with Gasteiger partial charge in [-0.15, -0.1) is 5.10 Å². The molecule has 3 aromatic carbocycles. The average Bonchev–Trinajstić information content (AvgIpc) is 3.27. The molecule has 1 aromatic heterocycles. The summed E-state index contributed by atoms with van der Waals surface area (Å²) in [5.41, 5.74) is 4.52. The highest BCUT2D eigenvalue weighted by atomic mass is 35.5. The van der Waals surface area contributed by atoms with E-state index >= 15 is 0 Å². The topological polar surface area (TPSA) is 81.0 Å². The molecule has 1 aliphatic rings. The van der Waals surface area contributed by atoms with Crippen molar-refractivity contribution in [1.82, 2.24) is 25.1 Å². The zero-order chi connectivity index (χ0) is 23.7. The van der Waals surface area contributed by atoms with Gasteiger partial charge in [-0.25, -0.2) is 13.1 Å². The molecule has 34 heavy (non-hydrogen) atoms. The van der Waals surface area contributed by atoms with E-state index in [0.717, 1.165) is 24.1 Å². The van der Waals surface area contributed by atoms with Crippen LogP contribution in [0, 0.1) is 6.92 Å². The second-order valence-electron chi connectivity index (χ2n) is 8.54. The first kappa shape index (κ1) is 22.7. The Morgan fingerprint density at radius 1 is 0.971 bits per heavy atom. The second-order valence-corrected chi connectivity index (χ2v) is 10.9. The molecular weight excluding hydrogens is 470 g/mol. The van der Waals surface area contributed by atoms with Crippen LogP contribution in [0.1, 0.15) is 34.1 Å². The predicted molar refractivity (Wildman–Crippen MR) is 130 cm³/mol. The third kappa shape index (κ3) is 4.61. The SMILES string of the molecule is Cc1ccc(S(=O)(=O)Cn2nnnc2C(c2ccc(Cl)cc2)N2CCc3ccccc3C2)cc1. The lowest BCUT2D eigenvalue weighted by Crippen LogP contribution is -2.36. The van der Waals surface area contributed by atoms with E-state index in [2.05, 4.69) is 38.6 Å². The van der Waals surface area contributed by atoms with Crippen molar-refractivity contribution >= 4 is 21.4 Å². The smallest absolute Gasteiger partial charge is 0.198 e. The monoisotopic (exact) mass is 493 g/mol. The van der Waals surface area contributed by atoms with Gasteiger partial charge in [0.15, 0.2) is 21.5 Å². The molecule has 1 unspecified atom stereocenters. The summed E-state index contributed by atoms with van der Waals surface area (Å²) >= 11 is 6.15. The highest BCUT2D eigenvalue weighted by molar-refractivity contribution is 7.90. The van der Waals surface area contributed by atoms with Crippen LogP contribution >= 0.6 is 11.6 Å². The summed E-state index contributed by atoms with van der Waals surface area (Å²) < 4.78 is 27.7. The van der Waals surface area contributed by atoms with Crippen molar-refractivity contribution in [3.8, 4) is 0 Å². The standard InChI is InChI=1S/C25H24ClN5O2S/c1-18-6-12-23(13-7-18)34(32,33)17-31-25(27-28-29-31)24(20-8-10-22(26)11-9-20)30-15-14-19-4-2-3-5-21(19)16-30/h2-13,24H,14-17H2,1H3. The summed E-state index contributed by atoms with van der Waals surface area (Å²) in [5.74, 6) is 0.143. The largest absolute Gasteiger partial charge is 0.285 e. The van der Waals surface area contributed by atoms with Crippen molar-refractivity contribution < 1.29 is 8.42 Å². The van der Waals surface area contributed by atoms with Gasteiger partial charge < -0.3 is 0 Å². The number of hydrogen-bond acceptors (Lipinski definition) is 6. The van der Waals surface area contributed by atoms with Crippen LogP contribution in [0.25, 0.3) is 0 Å². The van der Waals surface area contributed by atoms with Gasteiger partial charge in [0, 0.05) is 18.1 Å². The predicted octanol–water partition coefficient (Wildman–Crippen LogP) is 4.21. The second kappa shape index (κ2) is 9.29. The van der Waals surface area contributed by atoms with Gasteiger partial charge in [-0.3, -0.25) is 4.90 Å². The number of aromatic nitrogens is 4. The van der Waals surface area contributed by atoms with E-state index in [4.69, 9.17) is 11.6 Å². The molecule has 0 saturated heterocycles. The molecule has 0 radical (unpaired) electrons. The van der Waals surface area contributed by atoms with E-state index < -0.39 is 9.84 Å². The fraction of sp³-hybridized carbons (Fsp3) is 0.240. The van der Waals surface area contributed by atoms with Gasteiger partial charge in [0.05, 0.1) is 10.9 Å². The Morgan fingerprint density at radius 3 is 2.41 bits per heavy atom. The molecule has 174 valence electrons. The number of benzene rings is 3. The molecule has 0 saturated carbocycles. The van der Waals surface area contributed by atoms with Crippen LogP contribution in [0.5, 0.6) is 0 Å². The quantitative estimate of drug-likeness (QED) is 0.400. The third-order valence-corrected chi connectivity index (χ3v) is 8.01. The van der Waals surface area contributed by atoms with E-state index in [0.29, 0.717) is 17.4 Å². The normalized spacial score (nSPS) is 15.1. The van der Waals surface area contributed by atoms with Crippen molar-refractivity contribution in [2.75, 3.05) is 6.54 Å². The summed E-state index contributed by atoms with van der Waals surface area (Å²) in [5, 5.41) is 12.9. The van der Waals surface area contributed by atoms with Crippen molar-refractivity contribution in [3.05, 3.63) is 106 Å². The molecule has 1 atom stereocenters. The van der Waals surface area contributed by atoms with Gasteiger partial charge in [-0.2, -0.15) is 0 Å². The Bertz CT molecular complexity index is 1400. The van der Waals surface area contributed by atoms with Gasteiger partial charge in [0.1, 0.15) is 0 Å². The molecule has 0 spiro atoms. The lowest BCUT2D eigenvalue weighted by molar-refractivity contribution is 0.195. The van der Waals surface area contributed by atoms with Crippen molar-refractivity contribution in [1.29, 1.82) is 0 Å². The molecular formula is C25H24ClN5O2S. The maximum absolute atomic E-state index is 13.2. The van der Waals surface area contributed by atoms with Crippen molar-refractivity contribution in [2.45, 2.75) is 36.7 Å². The number of sulfone groups is 1. The zero-order valence-corrected chi connectivity index (χ0v) is 20.2. The van der Waals surface area contributed by atoms with E-state index in [1.165, 1.54) is 15.8 Å². The molecule has 0 amide bonds. The van der Waals surface area contributed by atoms with E-state index in [1.54, 1.807) is 24.3 Å². The number of rotatable bonds is 6. The van der Waals surface area contributed by atoms with Crippen LogP contribution in [-0.4, -0.2) is 40.1 Å². The molecule has 5 rings (SSSR count). The fourth-order valence-corrected chi connectivity index (χ4v) is 5.72. The highest BCUT2D eigenvalue weighted by Crippen LogP contribution is 2.33. The van der Waals surface area contributed by atoms with Gasteiger partial charge in [-0.05, 0) is 64.7 Å². The van der Waals surface area contributed by atoms with Gasteiger partial charge >= 0.3 is 0 Å². The molecule has 4 aromatic rings. The minimum Gasteiger partial charge on any atom is -0.285 e. The first-order valence-corrected chi connectivity index (χ1v) is 13.1. The summed E-state index contributed by atoms with van der Waals surface area (Å²) in [6, 6.07) is 22.4. The first-order chi connectivity index (χ1) is 16.4. The minimum absolute atomic E-state index is 0.245. The molecule has 7 nitrogen and oxygen atoms in total. The van der Waals surface area contributed by atoms with Crippen LogP contribution in [0.3, 0.4) is 0 Å². The first-order valence-electron chi connectivity index (χ1n) is 11.0. The number of fused-ring (bicyclic) bond motifs is 1. The minimum atomic E-state index is -3.64. The molecule has 0 N–H and O–H groups in total. The maximum Gasteiger partial charge on any atom is 0.198 e. The van der Waals surface area contributed by atoms with Crippen LogP contribution in [-0.2, 0) is 28.7 Å². The van der Waals surface area contributed by atoms with Crippen LogP contribution in [0.4, 0.5) is 0 Å². The molecule has 0 fully saturated rings. The van der Waals surface area contributed by atoms with E-state index in [-0.39, 0.29) is 16.8 Å². The summed E-state index contributed by atoms with van der Waals surface area (Å²) in [7, 11) is -3.64. The Balaban J connectivity index is 1.53. The average molecular weight is 494 g/mol. The van der Waals surface area contributed by atoms with Crippen LogP contribution in [0.2, 0.25) is 5.02 Å². The van der Waals surface area contributed by atoms with E-state index in [1.807, 2.05) is 37.3 Å². The number of halogens is 1. The van der Waals surface area contributed by atoms with Gasteiger partial charge in [0.2, 0.25) is 0 Å². The Kier molecular flexibility index (Phi) is 6.20. The highest BCUT2D eigenvalue weighted by Gasteiger charge is 2.31. The lowest BCUT2D eigenvalue weighted by Gasteiger charge is -2.35. The van der Waals surface area contributed by atoms with Crippen LogP contribution < -0.4 is 0 Å². The number of hydrogen-bond donors (Lipinski definition) is 0. The Labute approximate surface area is 203 Å². The van der Waals surface area contributed by atoms with Crippen LogP contribution in [0.15, 0.2) is 77.7 Å². The number of aryl methyl sites for hydroxylation is 1. The fourth-order valence-electron chi connectivity index (χ4n) is 4.39. The van der Waals surface area contributed by atoms with E-state index in [9.17, 15) is 8.42 Å². The zero-order valence-electron chi connectivity index (χ0n) is 18.7. The Hall–Kier alpha value is -3.07. The van der Waals surface area contributed by atoms with Gasteiger partial charge in [-0.1, -0.05) is 65.7 Å². The maximum atomic E-state index is 13.2. The number of nitrogens with zero attached hydrogens (tertiary/aromatic N) is 5.